The van der Waals surface area contributed by atoms with Crippen LogP contribution in [0.25, 0.3) is 16.6 Å². The van der Waals surface area contributed by atoms with Crippen LogP contribution >= 0.6 is 0 Å². The van der Waals surface area contributed by atoms with E-state index in [1.165, 1.54) is 0 Å². The van der Waals surface area contributed by atoms with Gasteiger partial charge in [0, 0.05) is 62.3 Å². The van der Waals surface area contributed by atoms with E-state index in [4.69, 9.17) is 9.15 Å². The Morgan fingerprint density at radius 3 is 2.65 bits per heavy atom. The van der Waals surface area contributed by atoms with Gasteiger partial charge in [-0.2, -0.15) is 10.2 Å². The van der Waals surface area contributed by atoms with E-state index < -0.39 is 0 Å². The minimum Gasteiger partial charge on any atom is -0.469 e. The van der Waals surface area contributed by atoms with Gasteiger partial charge in [-0.1, -0.05) is 6.07 Å². The molecule has 1 fully saturated rings. The van der Waals surface area contributed by atoms with Gasteiger partial charge in [-0.05, 0) is 19.1 Å². The van der Waals surface area contributed by atoms with E-state index in [1.807, 2.05) is 49.3 Å². The average Bonchev–Trinajstić information content (AvgIpc) is 3.51. The Balaban J connectivity index is 1.22. The molecule has 4 aromatic heterocycles. The number of aryl methyl sites for hydroxylation is 2. The minimum atomic E-state index is -0.292. The highest BCUT2D eigenvalue weighted by atomic mass is 16.6. The molecule has 0 atom stereocenters. The van der Waals surface area contributed by atoms with Gasteiger partial charge in [-0.3, -0.25) is 4.68 Å². The summed E-state index contributed by atoms with van der Waals surface area (Å²) in [6, 6.07) is 6.04. The molecule has 0 unspecified atom stereocenters. The van der Waals surface area contributed by atoms with Gasteiger partial charge in [-0.25, -0.2) is 9.31 Å². The van der Waals surface area contributed by atoms with Gasteiger partial charge >= 0.3 is 6.09 Å². The number of hydrogen-bond donors (Lipinski definition) is 0. The third kappa shape index (κ3) is 3.86. The van der Waals surface area contributed by atoms with E-state index in [0.29, 0.717) is 13.1 Å². The maximum absolute atomic E-state index is 12.4. The van der Waals surface area contributed by atoms with Crippen LogP contribution in [0.4, 0.5) is 10.5 Å². The van der Waals surface area contributed by atoms with Crippen molar-refractivity contribution in [3.05, 3.63) is 60.6 Å². The normalized spacial score (nSPS) is 14.4. The van der Waals surface area contributed by atoms with Crippen LogP contribution in [0.5, 0.6) is 0 Å². The second kappa shape index (κ2) is 7.82. The smallest absolute Gasteiger partial charge is 0.410 e. The number of anilines is 1. The predicted molar refractivity (Wildman–Crippen MR) is 115 cm³/mol. The van der Waals surface area contributed by atoms with Gasteiger partial charge in [0.2, 0.25) is 0 Å². The number of carbonyl (C=O) groups excluding carboxylic acids is 1. The fraction of sp³-hybridized carbons (Fsp3) is 0.318. The molecule has 4 aromatic rings. The zero-order valence-corrected chi connectivity index (χ0v) is 17.6. The third-order valence-corrected chi connectivity index (χ3v) is 5.56. The number of furan rings is 1. The van der Waals surface area contributed by atoms with Crippen LogP contribution < -0.4 is 4.90 Å². The first kappa shape index (κ1) is 19.2. The molecule has 9 heteroatoms. The van der Waals surface area contributed by atoms with Crippen molar-refractivity contribution in [1.29, 1.82) is 0 Å². The Hall–Kier alpha value is -3.75. The first-order valence-electron chi connectivity index (χ1n) is 10.2. The molecule has 1 aliphatic rings. The Morgan fingerprint density at radius 1 is 1.10 bits per heavy atom. The Labute approximate surface area is 179 Å². The van der Waals surface area contributed by atoms with Crippen molar-refractivity contribution >= 4 is 17.3 Å². The molecule has 1 aliphatic heterocycles. The van der Waals surface area contributed by atoms with Gasteiger partial charge in [-0.15, -0.1) is 0 Å². The summed E-state index contributed by atoms with van der Waals surface area (Å²) >= 11 is 0. The number of rotatable bonds is 4. The summed E-state index contributed by atoms with van der Waals surface area (Å²) in [6.07, 6.45) is 9.05. The molecule has 9 nitrogen and oxygen atoms in total. The van der Waals surface area contributed by atoms with Gasteiger partial charge < -0.3 is 19.0 Å². The predicted octanol–water partition coefficient (Wildman–Crippen LogP) is 3.10. The summed E-state index contributed by atoms with van der Waals surface area (Å²) in [7, 11) is 1.90. The number of nitrogens with zero attached hydrogens (tertiary/aromatic N) is 6. The SMILES string of the molecule is Cc1cc(COC(=O)N2CCN(c3cnn4cc(-c5cnn(C)c5)ccc34)CC2)co1. The second-order valence-electron chi connectivity index (χ2n) is 7.77. The van der Waals surface area contributed by atoms with E-state index in [1.54, 1.807) is 15.8 Å². The molecular weight excluding hydrogens is 396 g/mol. The van der Waals surface area contributed by atoms with Crippen molar-refractivity contribution in [1.82, 2.24) is 24.3 Å². The van der Waals surface area contributed by atoms with Crippen molar-refractivity contribution in [3.8, 4) is 11.1 Å². The van der Waals surface area contributed by atoms with E-state index in [0.717, 1.165) is 46.7 Å². The summed E-state index contributed by atoms with van der Waals surface area (Å²) in [6.45, 7) is 4.76. The molecule has 0 spiro atoms. The number of piperazine rings is 1. The summed E-state index contributed by atoms with van der Waals surface area (Å²) in [4.78, 5) is 16.4. The highest BCUT2D eigenvalue weighted by Gasteiger charge is 2.24. The van der Waals surface area contributed by atoms with Crippen LogP contribution in [-0.4, -0.2) is 56.6 Å². The largest absolute Gasteiger partial charge is 0.469 e. The average molecular weight is 420 g/mol. The van der Waals surface area contributed by atoms with Gasteiger partial charge in [0.25, 0.3) is 0 Å². The van der Waals surface area contributed by atoms with Crippen molar-refractivity contribution in [2.24, 2.45) is 7.05 Å². The molecule has 0 N–H and O–H groups in total. The van der Waals surface area contributed by atoms with Crippen molar-refractivity contribution in [3.63, 3.8) is 0 Å². The molecule has 0 aliphatic carbocycles. The molecule has 1 saturated heterocycles. The number of fused-ring (bicyclic) bond motifs is 1. The zero-order valence-electron chi connectivity index (χ0n) is 17.6. The number of pyridine rings is 1. The molecule has 5 heterocycles. The zero-order chi connectivity index (χ0) is 21.4. The molecule has 1 amide bonds. The van der Waals surface area contributed by atoms with E-state index in [9.17, 15) is 4.79 Å². The third-order valence-electron chi connectivity index (χ3n) is 5.56. The van der Waals surface area contributed by atoms with Crippen molar-refractivity contribution in [2.45, 2.75) is 13.5 Å². The second-order valence-corrected chi connectivity index (χ2v) is 7.77. The standard InChI is InChI=1S/C22H24N6O3/c1-16-9-17(14-30-16)15-31-22(29)27-7-5-26(6-8-27)21-11-24-28-13-18(3-4-20(21)28)19-10-23-25(2)12-19/h3-4,9-14H,5-8,15H2,1-2H3. The molecule has 0 aromatic carbocycles. The lowest BCUT2D eigenvalue weighted by molar-refractivity contribution is 0.0941. The molecule has 0 bridgehead atoms. The number of hydrogen-bond acceptors (Lipinski definition) is 6. The highest BCUT2D eigenvalue weighted by molar-refractivity contribution is 5.76. The van der Waals surface area contributed by atoms with E-state index in [-0.39, 0.29) is 12.7 Å². The molecule has 160 valence electrons. The van der Waals surface area contributed by atoms with E-state index >= 15 is 0 Å². The summed E-state index contributed by atoms with van der Waals surface area (Å²) in [5.74, 6) is 0.806. The Kier molecular flexibility index (Phi) is 4.85. The van der Waals surface area contributed by atoms with Crippen molar-refractivity contribution in [2.75, 3.05) is 31.1 Å². The highest BCUT2D eigenvalue weighted by Crippen LogP contribution is 2.26. The van der Waals surface area contributed by atoms with Crippen LogP contribution in [0, 0.1) is 6.92 Å². The number of amides is 1. The lowest BCUT2D eigenvalue weighted by atomic mass is 10.1. The van der Waals surface area contributed by atoms with Crippen LogP contribution in [0.2, 0.25) is 0 Å². The van der Waals surface area contributed by atoms with Gasteiger partial charge in [0.15, 0.2) is 0 Å². The number of aromatic nitrogens is 4. The quantitative estimate of drug-likeness (QED) is 0.505. The Morgan fingerprint density at radius 2 is 1.94 bits per heavy atom. The van der Waals surface area contributed by atoms with Crippen molar-refractivity contribution < 1.29 is 13.9 Å². The monoisotopic (exact) mass is 420 g/mol. The van der Waals surface area contributed by atoms with Gasteiger partial charge in [0.1, 0.15) is 12.4 Å². The molecule has 0 radical (unpaired) electrons. The summed E-state index contributed by atoms with van der Waals surface area (Å²) < 4.78 is 14.3. The first-order valence-corrected chi connectivity index (χ1v) is 10.2. The topological polar surface area (TPSA) is 81.0 Å². The maximum Gasteiger partial charge on any atom is 0.410 e. The summed E-state index contributed by atoms with van der Waals surface area (Å²) in [5.41, 5.74) is 5.09. The van der Waals surface area contributed by atoms with Crippen LogP contribution in [-0.2, 0) is 18.4 Å². The minimum absolute atomic E-state index is 0.226. The molecular formula is C22H24N6O3. The molecule has 31 heavy (non-hydrogen) atoms. The van der Waals surface area contributed by atoms with Crippen LogP contribution in [0.3, 0.4) is 0 Å². The van der Waals surface area contributed by atoms with Crippen LogP contribution in [0.1, 0.15) is 11.3 Å². The van der Waals surface area contributed by atoms with E-state index in [2.05, 4.69) is 27.2 Å². The fourth-order valence-corrected chi connectivity index (χ4v) is 3.90. The fourth-order valence-electron chi connectivity index (χ4n) is 3.90. The molecule has 0 saturated carbocycles. The first-order chi connectivity index (χ1) is 15.1. The van der Waals surface area contributed by atoms with Gasteiger partial charge in [0.05, 0.1) is 29.9 Å². The maximum atomic E-state index is 12.4. The number of ether oxygens (including phenoxy) is 1. The lowest BCUT2D eigenvalue weighted by Crippen LogP contribution is -2.48. The Bertz CT molecular complexity index is 1220. The number of carbonyl (C=O) groups is 1. The molecule has 5 rings (SSSR count). The summed E-state index contributed by atoms with van der Waals surface area (Å²) in [5, 5.41) is 8.78. The lowest BCUT2D eigenvalue weighted by Gasteiger charge is -2.34. The van der Waals surface area contributed by atoms with Crippen LogP contribution in [0.15, 0.2) is 53.7 Å².